The number of nitrogens with one attached hydrogen (secondary N) is 1. The molecule has 0 heterocycles. The lowest BCUT2D eigenvalue weighted by molar-refractivity contribution is -0.384. The van der Waals surface area contributed by atoms with Crippen molar-refractivity contribution in [2.45, 2.75) is 13.8 Å². The molecule has 1 aromatic carbocycles. The molecule has 0 aromatic heterocycles. The Hall–Kier alpha value is -2.44. The number of hydrogen-bond acceptors (Lipinski definition) is 6. The predicted octanol–water partition coefficient (Wildman–Crippen LogP) is 1.95. The van der Waals surface area contributed by atoms with E-state index in [9.17, 15) is 14.9 Å². The van der Waals surface area contributed by atoms with Crippen LogP contribution in [0, 0.1) is 10.1 Å². The molecule has 0 amide bonds. The molecule has 0 spiro atoms. The summed E-state index contributed by atoms with van der Waals surface area (Å²) in [5, 5.41) is 14.3. The molecule has 0 saturated carbocycles. The fourth-order valence-corrected chi connectivity index (χ4v) is 1.12. The number of nitro groups is 1. The average molecular weight is 251 g/mol. The van der Waals surface area contributed by atoms with Gasteiger partial charge in [0, 0.05) is 12.1 Å². The van der Waals surface area contributed by atoms with Gasteiger partial charge in [0.05, 0.1) is 17.2 Å². The molecular weight excluding hydrogens is 238 g/mol. The van der Waals surface area contributed by atoms with Gasteiger partial charge in [0.15, 0.2) is 0 Å². The summed E-state index contributed by atoms with van der Waals surface area (Å²) in [6.45, 7) is 3.45. The number of nitrogens with zero attached hydrogens (tertiary/aromatic N) is 2. The molecule has 1 rings (SSSR count). The summed E-state index contributed by atoms with van der Waals surface area (Å²) in [5.74, 6) is -0.532. The van der Waals surface area contributed by atoms with Gasteiger partial charge in [0.2, 0.25) is 0 Å². The molecule has 1 aromatic rings. The van der Waals surface area contributed by atoms with Crippen LogP contribution in [0.25, 0.3) is 0 Å². The molecule has 1 N–H and O–H groups in total. The monoisotopic (exact) mass is 251 g/mol. The number of ether oxygens (including phenoxy) is 1. The van der Waals surface area contributed by atoms with Gasteiger partial charge in [-0.3, -0.25) is 15.5 Å². The van der Waals surface area contributed by atoms with E-state index in [-0.39, 0.29) is 18.0 Å². The zero-order valence-corrected chi connectivity index (χ0v) is 10.0. The zero-order chi connectivity index (χ0) is 13.5. The molecule has 0 atom stereocenters. The molecule has 7 nitrogen and oxygen atoms in total. The first-order chi connectivity index (χ1) is 8.54. The highest BCUT2D eigenvalue weighted by atomic mass is 16.6. The molecule has 0 bridgehead atoms. The fourth-order valence-electron chi connectivity index (χ4n) is 1.12. The highest BCUT2D eigenvalue weighted by Crippen LogP contribution is 2.16. The Kier molecular flexibility index (Phi) is 4.79. The van der Waals surface area contributed by atoms with E-state index in [0.29, 0.717) is 5.69 Å². The van der Waals surface area contributed by atoms with Crippen LogP contribution in [-0.4, -0.2) is 23.2 Å². The third-order valence-corrected chi connectivity index (χ3v) is 1.98. The number of esters is 1. The first-order valence-electron chi connectivity index (χ1n) is 5.26. The van der Waals surface area contributed by atoms with Crippen molar-refractivity contribution in [3.8, 4) is 0 Å². The number of anilines is 1. The summed E-state index contributed by atoms with van der Waals surface area (Å²) >= 11 is 0. The smallest absolute Gasteiger partial charge is 0.354 e. The highest BCUT2D eigenvalue weighted by Gasteiger charge is 2.07. The number of nitro benzene ring substituents is 1. The number of non-ortho nitro benzene ring substituents is 1. The SMILES string of the molecule is CCOC(=O)C(C)=NNc1cccc([N+](=O)[O-])c1. The number of carbonyl (C=O) groups is 1. The van der Waals surface area contributed by atoms with Crippen molar-refractivity contribution in [2.75, 3.05) is 12.0 Å². The maximum atomic E-state index is 11.2. The lowest BCUT2D eigenvalue weighted by Gasteiger charge is -2.03. The Morgan fingerprint density at radius 3 is 2.89 bits per heavy atom. The van der Waals surface area contributed by atoms with Crippen molar-refractivity contribution in [3.05, 3.63) is 34.4 Å². The van der Waals surface area contributed by atoms with E-state index in [1.54, 1.807) is 13.0 Å². The summed E-state index contributed by atoms with van der Waals surface area (Å²) in [5.41, 5.74) is 3.08. The molecule has 0 unspecified atom stereocenters. The Labute approximate surface area is 104 Å². The minimum atomic E-state index is -0.532. The Morgan fingerprint density at radius 2 is 2.28 bits per heavy atom. The summed E-state index contributed by atoms with van der Waals surface area (Å²) in [6.07, 6.45) is 0. The second kappa shape index (κ2) is 6.33. The standard InChI is InChI=1S/C11H13N3O4/c1-3-18-11(15)8(2)12-13-9-5-4-6-10(7-9)14(16)17/h4-7,13H,3H2,1-2H3. The minimum absolute atomic E-state index is 0.0519. The summed E-state index contributed by atoms with van der Waals surface area (Å²) < 4.78 is 4.74. The van der Waals surface area contributed by atoms with E-state index in [2.05, 4.69) is 10.5 Å². The Bertz CT molecular complexity index is 485. The molecule has 96 valence electrons. The van der Waals surface area contributed by atoms with Gasteiger partial charge in [-0.1, -0.05) is 6.07 Å². The molecule has 7 heteroatoms. The van der Waals surface area contributed by atoms with Gasteiger partial charge in [-0.15, -0.1) is 0 Å². The van der Waals surface area contributed by atoms with Crippen LogP contribution in [0.4, 0.5) is 11.4 Å². The first-order valence-corrected chi connectivity index (χ1v) is 5.26. The number of hydrogen-bond donors (Lipinski definition) is 1. The average Bonchev–Trinajstić information content (AvgIpc) is 2.36. The molecule has 0 aliphatic carbocycles. The van der Waals surface area contributed by atoms with Crippen LogP contribution in [0.2, 0.25) is 0 Å². The molecule has 0 fully saturated rings. The normalized spacial score (nSPS) is 10.9. The maximum Gasteiger partial charge on any atom is 0.354 e. The third-order valence-electron chi connectivity index (χ3n) is 1.98. The van der Waals surface area contributed by atoms with Crippen molar-refractivity contribution in [1.29, 1.82) is 0 Å². The quantitative estimate of drug-likeness (QED) is 0.373. The first kappa shape index (κ1) is 13.6. The van der Waals surface area contributed by atoms with Gasteiger partial charge < -0.3 is 4.74 Å². The summed E-state index contributed by atoms with van der Waals surface area (Å²) in [7, 11) is 0. The minimum Gasteiger partial charge on any atom is -0.461 e. The van der Waals surface area contributed by atoms with E-state index < -0.39 is 10.9 Å². The van der Waals surface area contributed by atoms with E-state index in [0.717, 1.165) is 0 Å². The van der Waals surface area contributed by atoms with Crippen molar-refractivity contribution >= 4 is 23.1 Å². The van der Waals surface area contributed by atoms with Crippen molar-refractivity contribution < 1.29 is 14.5 Å². The van der Waals surface area contributed by atoms with E-state index in [1.807, 2.05) is 0 Å². The van der Waals surface area contributed by atoms with Gasteiger partial charge in [-0.2, -0.15) is 5.10 Å². The number of carbonyl (C=O) groups excluding carboxylic acids is 1. The lowest BCUT2D eigenvalue weighted by atomic mass is 10.3. The van der Waals surface area contributed by atoms with Crippen LogP contribution in [0.3, 0.4) is 0 Å². The number of hydrazone groups is 1. The lowest BCUT2D eigenvalue weighted by Crippen LogP contribution is -2.15. The molecular formula is C11H13N3O4. The second-order valence-electron chi connectivity index (χ2n) is 3.34. The molecule has 0 aliphatic heterocycles. The van der Waals surface area contributed by atoms with Gasteiger partial charge in [0.1, 0.15) is 5.71 Å². The predicted molar refractivity (Wildman–Crippen MR) is 66.5 cm³/mol. The molecule has 18 heavy (non-hydrogen) atoms. The Morgan fingerprint density at radius 1 is 1.56 bits per heavy atom. The highest BCUT2D eigenvalue weighted by molar-refractivity contribution is 6.35. The largest absolute Gasteiger partial charge is 0.461 e. The number of benzene rings is 1. The fraction of sp³-hybridized carbons (Fsp3) is 0.273. The molecule has 0 saturated heterocycles. The van der Waals surface area contributed by atoms with Crippen LogP contribution in [-0.2, 0) is 9.53 Å². The van der Waals surface area contributed by atoms with Crippen molar-refractivity contribution in [1.82, 2.24) is 0 Å². The van der Waals surface area contributed by atoms with Crippen LogP contribution < -0.4 is 5.43 Å². The summed E-state index contributed by atoms with van der Waals surface area (Å²) in [4.78, 5) is 21.3. The van der Waals surface area contributed by atoms with Crippen LogP contribution in [0.1, 0.15) is 13.8 Å². The topological polar surface area (TPSA) is 93.8 Å². The second-order valence-corrected chi connectivity index (χ2v) is 3.34. The maximum absolute atomic E-state index is 11.2. The van der Waals surface area contributed by atoms with Crippen molar-refractivity contribution in [2.24, 2.45) is 5.10 Å². The molecule has 0 aliphatic rings. The van der Waals surface area contributed by atoms with Crippen LogP contribution >= 0.6 is 0 Å². The van der Waals surface area contributed by atoms with Gasteiger partial charge in [-0.25, -0.2) is 4.79 Å². The van der Waals surface area contributed by atoms with Gasteiger partial charge >= 0.3 is 5.97 Å². The third kappa shape index (κ3) is 3.85. The zero-order valence-electron chi connectivity index (χ0n) is 10.0. The van der Waals surface area contributed by atoms with Crippen LogP contribution in [0.15, 0.2) is 29.4 Å². The Balaban J connectivity index is 2.73. The number of rotatable bonds is 5. The molecule has 0 radical (unpaired) electrons. The van der Waals surface area contributed by atoms with Gasteiger partial charge in [-0.05, 0) is 19.9 Å². The van der Waals surface area contributed by atoms with E-state index in [1.165, 1.54) is 25.1 Å². The van der Waals surface area contributed by atoms with E-state index >= 15 is 0 Å². The van der Waals surface area contributed by atoms with Gasteiger partial charge in [0.25, 0.3) is 5.69 Å². The van der Waals surface area contributed by atoms with E-state index in [4.69, 9.17) is 4.74 Å². The van der Waals surface area contributed by atoms with Crippen molar-refractivity contribution in [3.63, 3.8) is 0 Å². The summed E-state index contributed by atoms with van der Waals surface area (Å²) in [6, 6.07) is 5.82. The van der Waals surface area contributed by atoms with Crippen LogP contribution in [0.5, 0.6) is 0 Å².